The van der Waals surface area contributed by atoms with E-state index in [1.165, 1.54) is 0 Å². The minimum Gasteiger partial charge on any atom is -0.790 e. The maximum atomic E-state index is 9.79. The van der Waals surface area contributed by atoms with Crippen LogP contribution in [0.25, 0.3) is 0 Å². The monoisotopic (exact) mass is 216 g/mol. The number of phosphoric acid groups is 1. The van der Waals surface area contributed by atoms with Gasteiger partial charge in [0.1, 0.15) is 6.10 Å². The van der Waals surface area contributed by atoms with E-state index in [1.807, 2.05) is 0 Å². The fraction of sp³-hybridized carbons (Fsp3) is 1.00. The molecule has 0 bridgehead atoms. The summed E-state index contributed by atoms with van der Waals surface area (Å²) in [5, 5.41) is 16.4. The molecular weight excluding hydrogens is 209 g/mol. The molecule has 0 aromatic carbocycles. The van der Waals surface area contributed by atoms with Crippen molar-refractivity contribution < 1.29 is 88.2 Å². The Hall–Kier alpha value is 2.03. The Morgan fingerprint density at radius 1 is 1.25 bits per heavy atom. The predicted octanol–water partition coefficient (Wildman–Crippen LogP) is -8.81. The first-order chi connectivity index (χ1) is 4.49. The summed E-state index contributed by atoms with van der Waals surface area (Å²) in [5.41, 5.74) is 0. The molecule has 9 heteroatoms. The summed E-state index contributed by atoms with van der Waals surface area (Å²) in [7, 11) is -5.07. The molecule has 0 saturated carbocycles. The van der Waals surface area contributed by atoms with Gasteiger partial charge in [-0.1, -0.05) is 0 Å². The molecule has 0 saturated heterocycles. The molecule has 12 heavy (non-hydrogen) atoms. The van der Waals surface area contributed by atoms with Crippen LogP contribution in [0.15, 0.2) is 0 Å². The van der Waals surface area contributed by atoms with Crippen LogP contribution in [0.4, 0.5) is 0 Å². The number of aliphatic hydroxyl groups excluding tert-OH is 2. The molecule has 6 nitrogen and oxygen atoms in total. The summed E-state index contributed by atoms with van der Waals surface area (Å²) in [6.07, 6.45) is -1.33. The van der Waals surface area contributed by atoms with Gasteiger partial charge in [-0.3, -0.25) is 0 Å². The Bertz CT molecular complexity index is 133. The summed E-state index contributed by atoms with van der Waals surface area (Å²) in [6.45, 7) is -1.41. The number of phosphoric ester groups is 1. The van der Waals surface area contributed by atoms with Crippen molar-refractivity contribution in [2.24, 2.45) is 0 Å². The molecule has 62 valence electrons. The van der Waals surface area contributed by atoms with Gasteiger partial charge >= 0.3 is 59.1 Å². The Morgan fingerprint density at radius 2 is 1.58 bits per heavy atom. The van der Waals surface area contributed by atoms with Crippen molar-refractivity contribution in [3.63, 3.8) is 0 Å². The fourth-order valence-corrected chi connectivity index (χ4v) is 0.805. The van der Waals surface area contributed by atoms with Crippen LogP contribution in [0, 0.1) is 0 Å². The van der Waals surface area contributed by atoms with Gasteiger partial charge in [0.15, 0.2) is 0 Å². The second kappa shape index (κ2) is 9.58. The van der Waals surface area contributed by atoms with Gasteiger partial charge in [-0.15, -0.1) is 0 Å². The van der Waals surface area contributed by atoms with Crippen LogP contribution in [0.1, 0.15) is 0 Å². The van der Waals surface area contributed by atoms with Crippen molar-refractivity contribution in [3.05, 3.63) is 0 Å². The van der Waals surface area contributed by atoms with Gasteiger partial charge < -0.3 is 29.1 Å². The second-order valence-electron chi connectivity index (χ2n) is 1.54. The largest absolute Gasteiger partial charge is 1.00 e. The third-order valence-electron chi connectivity index (χ3n) is 0.685. The molecule has 0 aliphatic rings. The van der Waals surface area contributed by atoms with Crippen molar-refractivity contribution in [1.29, 1.82) is 0 Å². The number of hydrogen-bond donors (Lipinski definition) is 2. The zero-order chi connectivity index (χ0) is 8.20. The van der Waals surface area contributed by atoms with E-state index in [-0.39, 0.29) is 59.1 Å². The summed E-state index contributed by atoms with van der Waals surface area (Å²) in [4.78, 5) is 19.6. The minimum absolute atomic E-state index is 0. The third kappa shape index (κ3) is 12.0. The van der Waals surface area contributed by atoms with Crippen molar-refractivity contribution in [1.82, 2.24) is 0 Å². The van der Waals surface area contributed by atoms with Crippen LogP contribution in [0.5, 0.6) is 0 Å². The van der Waals surface area contributed by atoms with Crippen LogP contribution in [0.2, 0.25) is 0 Å². The first-order valence-corrected chi connectivity index (χ1v) is 3.88. The average molecular weight is 216 g/mol. The summed E-state index contributed by atoms with van der Waals surface area (Å²) >= 11 is 0. The molecule has 0 aromatic rings. The van der Waals surface area contributed by atoms with E-state index >= 15 is 0 Å². The molecule has 0 rings (SSSR count). The van der Waals surface area contributed by atoms with E-state index in [9.17, 15) is 14.4 Å². The Kier molecular flexibility index (Phi) is 15.6. The molecule has 0 fully saturated rings. The van der Waals surface area contributed by atoms with E-state index in [1.54, 1.807) is 0 Å². The zero-order valence-corrected chi connectivity index (χ0v) is 11.9. The molecule has 2 N–H and O–H groups in total. The van der Waals surface area contributed by atoms with Crippen LogP contribution in [-0.2, 0) is 9.09 Å². The van der Waals surface area contributed by atoms with Crippen LogP contribution < -0.4 is 68.9 Å². The third-order valence-corrected chi connectivity index (χ3v) is 1.24. The maximum Gasteiger partial charge on any atom is 1.00 e. The average Bonchev–Trinajstić information content (AvgIpc) is 1.81. The molecule has 0 spiro atoms. The van der Waals surface area contributed by atoms with Crippen molar-refractivity contribution >= 4 is 7.82 Å². The van der Waals surface area contributed by atoms with E-state index in [4.69, 9.17) is 10.2 Å². The van der Waals surface area contributed by atoms with Gasteiger partial charge in [0.05, 0.1) is 21.0 Å². The first kappa shape index (κ1) is 19.6. The van der Waals surface area contributed by atoms with Gasteiger partial charge in [-0.2, -0.15) is 0 Å². The maximum absolute atomic E-state index is 9.79. The molecule has 0 aromatic heterocycles. The van der Waals surface area contributed by atoms with Gasteiger partial charge in [-0.25, -0.2) is 0 Å². The summed E-state index contributed by atoms with van der Waals surface area (Å²) < 4.78 is 13.5. The van der Waals surface area contributed by atoms with Crippen LogP contribution in [-0.4, -0.2) is 29.5 Å². The van der Waals surface area contributed by atoms with Crippen LogP contribution in [0.3, 0.4) is 0 Å². The van der Waals surface area contributed by atoms with Gasteiger partial charge in [0.2, 0.25) is 0 Å². The number of aliphatic hydroxyl groups is 2. The van der Waals surface area contributed by atoms with Gasteiger partial charge in [0, 0.05) is 0 Å². The van der Waals surface area contributed by atoms with E-state index in [0.717, 1.165) is 0 Å². The van der Waals surface area contributed by atoms with E-state index in [2.05, 4.69) is 4.52 Å². The normalized spacial score (nSPS) is 10.4. The molecule has 0 atom stereocenters. The molecule has 0 radical (unpaired) electrons. The molecule has 0 unspecified atom stereocenters. The smallest absolute Gasteiger partial charge is 0.790 e. The minimum atomic E-state index is -5.07. The number of hydrogen-bond acceptors (Lipinski definition) is 6. The molecular formula is C3H7Na2O6P. The van der Waals surface area contributed by atoms with Crippen molar-refractivity contribution in [2.75, 3.05) is 13.2 Å². The zero-order valence-electron chi connectivity index (χ0n) is 6.97. The topological polar surface area (TPSA) is 113 Å². The quantitative estimate of drug-likeness (QED) is 0.356. The standard InChI is InChI=1S/C3H9O6P.2Na/c4-1-3(2-5)9-10(6,7)8;;/h3-5H,1-2H2,(H2,6,7,8);;/q;2*+1/p-2. The van der Waals surface area contributed by atoms with Gasteiger partial charge in [0.25, 0.3) is 0 Å². The van der Waals surface area contributed by atoms with Gasteiger partial charge in [-0.05, 0) is 0 Å². The molecule has 0 heterocycles. The Balaban J connectivity index is -0.000000405. The Labute approximate surface area is 114 Å². The van der Waals surface area contributed by atoms with Crippen molar-refractivity contribution in [2.45, 2.75) is 6.10 Å². The summed E-state index contributed by atoms with van der Waals surface area (Å²) in [6, 6.07) is 0. The number of rotatable bonds is 4. The van der Waals surface area contributed by atoms with E-state index in [0.29, 0.717) is 0 Å². The molecule has 0 aliphatic heterocycles. The van der Waals surface area contributed by atoms with Crippen molar-refractivity contribution in [3.8, 4) is 0 Å². The Morgan fingerprint density at radius 3 is 1.67 bits per heavy atom. The predicted molar refractivity (Wildman–Crippen MR) is 26.7 cm³/mol. The first-order valence-electron chi connectivity index (χ1n) is 2.41. The fourth-order valence-electron chi connectivity index (χ4n) is 0.307. The summed E-state index contributed by atoms with van der Waals surface area (Å²) in [5.74, 6) is 0. The molecule has 0 aliphatic carbocycles. The SMILES string of the molecule is O=P([O-])([O-])OC(CO)CO.[Na+].[Na+]. The molecule has 0 amide bonds. The van der Waals surface area contributed by atoms with Crippen LogP contribution >= 0.6 is 7.82 Å². The second-order valence-corrected chi connectivity index (χ2v) is 2.65. The van der Waals surface area contributed by atoms with E-state index < -0.39 is 27.1 Å².